The number of rotatable bonds is 9. The third-order valence-corrected chi connectivity index (χ3v) is 7.07. The summed E-state index contributed by atoms with van der Waals surface area (Å²) in [5.74, 6) is -0.486. The molecular weight excluding hydrogens is 454 g/mol. The van der Waals surface area contributed by atoms with E-state index in [0.717, 1.165) is 15.4 Å². The van der Waals surface area contributed by atoms with Gasteiger partial charge in [0.05, 0.1) is 16.5 Å². The van der Waals surface area contributed by atoms with Gasteiger partial charge in [0, 0.05) is 19.7 Å². The van der Waals surface area contributed by atoms with Crippen LogP contribution in [0.3, 0.4) is 0 Å². The maximum absolute atomic E-state index is 12.8. The first-order valence-electron chi connectivity index (χ1n) is 10.5. The van der Waals surface area contributed by atoms with Crippen molar-refractivity contribution in [2.45, 2.75) is 24.5 Å². The fraction of sp³-hybridized carbons (Fsp3) is 0.200. The molecule has 3 N–H and O–H groups in total. The SMILES string of the molecule is CC(NC(=O)c1cccc(COc2ccccc2C(N)=O)c1)c1ccc(S(=O)(=O)N(C)C)cc1. The number of primary amides is 1. The van der Waals surface area contributed by atoms with Crippen LogP contribution in [0.2, 0.25) is 0 Å². The third kappa shape index (κ3) is 5.81. The highest BCUT2D eigenvalue weighted by molar-refractivity contribution is 7.89. The van der Waals surface area contributed by atoms with Crippen LogP contribution in [0.15, 0.2) is 77.7 Å². The Kier molecular flexibility index (Phi) is 7.70. The summed E-state index contributed by atoms with van der Waals surface area (Å²) in [6.45, 7) is 1.98. The number of hydrogen-bond acceptors (Lipinski definition) is 5. The Balaban J connectivity index is 1.67. The van der Waals surface area contributed by atoms with Crippen molar-refractivity contribution in [3.63, 3.8) is 0 Å². The lowest BCUT2D eigenvalue weighted by Gasteiger charge is -2.16. The molecule has 0 spiro atoms. The van der Waals surface area contributed by atoms with E-state index < -0.39 is 15.9 Å². The number of nitrogens with zero attached hydrogens (tertiary/aromatic N) is 1. The van der Waals surface area contributed by atoms with Crippen LogP contribution in [0.4, 0.5) is 0 Å². The number of amides is 2. The van der Waals surface area contributed by atoms with Crippen LogP contribution >= 0.6 is 0 Å². The van der Waals surface area contributed by atoms with Gasteiger partial charge in [-0.3, -0.25) is 9.59 Å². The van der Waals surface area contributed by atoms with Gasteiger partial charge in [0.2, 0.25) is 10.0 Å². The van der Waals surface area contributed by atoms with Gasteiger partial charge in [-0.2, -0.15) is 0 Å². The summed E-state index contributed by atoms with van der Waals surface area (Å²) >= 11 is 0. The zero-order chi connectivity index (χ0) is 24.9. The van der Waals surface area contributed by atoms with E-state index in [1.54, 1.807) is 54.6 Å². The molecule has 0 aromatic heterocycles. The molecule has 3 aromatic rings. The topological polar surface area (TPSA) is 119 Å². The standard InChI is InChI=1S/C25H27N3O5S/c1-17(19-11-13-21(14-12-19)34(31,32)28(2)3)27-25(30)20-8-6-7-18(15-20)16-33-23-10-5-4-9-22(23)24(26)29/h4-15,17H,16H2,1-3H3,(H2,26,29)(H,27,30). The van der Waals surface area contributed by atoms with Gasteiger partial charge < -0.3 is 15.8 Å². The average molecular weight is 482 g/mol. The van der Waals surface area contributed by atoms with Gasteiger partial charge in [0.25, 0.3) is 11.8 Å². The van der Waals surface area contributed by atoms with Crippen LogP contribution in [0.5, 0.6) is 5.75 Å². The number of para-hydroxylation sites is 1. The number of ether oxygens (including phenoxy) is 1. The summed E-state index contributed by atoms with van der Waals surface area (Å²) in [4.78, 5) is 24.5. The molecule has 8 nitrogen and oxygen atoms in total. The fourth-order valence-electron chi connectivity index (χ4n) is 3.26. The Bertz CT molecular complexity index is 1290. The average Bonchev–Trinajstić information content (AvgIpc) is 2.83. The molecule has 0 saturated carbocycles. The van der Waals surface area contributed by atoms with Crippen LogP contribution in [0.25, 0.3) is 0 Å². The summed E-state index contributed by atoms with van der Waals surface area (Å²) in [5.41, 5.74) is 7.63. The molecule has 34 heavy (non-hydrogen) atoms. The van der Waals surface area contributed by atoms with E-state index in [2.05, 4.69) is 5.32 Å². The number of carbonyl (C=O) groups excluding carboxylic acids is 2. The summed E-state index contributed by atoms with van der Waals surface area (Å²) in [5, 5.41) is 2.92. The summed E-state index contributed by atoms with van der Waals surface area (Å²) in [7, 11) is -0.567. The van der Waals surface area contributed by atoms with Gasteiger partial charge in [-0.05, 0) is 54.4 Å². The largest absolute Gasteiger partial charge is 0.488 e. The highest BCUT2D eigenvalue weighted by Crippen LogP contribution is 2.20. The molecule has 0 heterocycles. The molecule has 1 unspecified atom stereocenters. The van der Waals surface area contributed by atoms with E-state index in [9.17, 15) is 18.0 Å². The predicted octanol–water partition coefficient (Wildman–Crippen LogP) is 3.11. The molecule has 0 radical (unpaired) electrons. The van der Waals surface area contributed by atoms with E-state index in [1.807, 2.05) is 13.0 Å². The molecule has 0 bridgehead atoms. The summed E-state index contributed by atoms with van der Waals surface area (Å²) in [6.07, 6.45) is 0. The molecule has 0 aliphatic rings. The first kappa shape index (κ1) is 24.9. The summed E-state index contributed by atoms with van der Waals surface area (Å²) < 4.78 is 31.3. The highest BCUT2D eigenvalue weighted by atomic mass is 32.2. The lowest BCUT2D eigenvalue weighted by molar-refractivity contribution is 0.0938. The molecule has 3 aromatic carbocycles. The molecule has 0 saturated heterocycles. The highest BCUT2D eigenvalue weighted by Gasteiger charge is 2.18. The van der Waals surface area contributed by atoms with Gasteiger partial charge in [0.15, 0.2) is 0 Å². The first-order valence-corrected chi connectivity index (χ1v) is 12.0. The second kappa shape index (κ2) is 10.5. The van der Waals surface area contributed by atoms with Crippen molar-refractivity contribution >= 4 is 21.8 Å². The maximum atomic E-state index is 12.8. The molecule has 1 atom stereocenters. The molecule has 3 rings (SSSR count). The van der Waals surface area contributed by atoms with Gasteiger partial charge in [-0.25, -0.2) is 12.7 Å². The van der Waals surface area contributed by atoms with Crippen molar-refractivity contribution in [2.24, 2.45) is 5.73 Å². The van der Waals surface area contributed by atoms with E-state index in [1.165, 1.54) is 26.2 Å². The van der Waals surface area contributed by atoms with Crippen molar-refractivity contribution in [1.29, 1.82) is 0 Å². The first-order chi connectivity index (χ1) is 16.1. The molecule has 2 amide bonds. The number of nitrogens with one attached hydrogen (secondary N) is 1. The van der Waals surface area contributed by atoms with Crippen molar-refractivity contribution < 1.29 is 22.7 Å². The summed E-state index contributed by atoms with van der Waals surface area (Å²) in [6, 6.07) is 19.7. The molecule has 178 valence electrons. The Morgan fingerprint density at radius 1 is 1.00 bits per heavy atom. The minimum atomic E-state index is -3.51. The molecular formula is C25H27N3O5S. The molecule has 0 aliphatic heterocycles. The van der Waals surface area contributed by atoms with Crippen LogP contribution in [-0.2, 0) is 16.6 Å². The fourth-order valence-corrected chi connectivity index (χ4v) is 4.16. The van der Waals surface area contributed by atoms with Crippen LogP contribution in [-0.4, -0.2) is 38.6 Å². The zero-order valence-corrected chi connectivity index (χ0v) is 20.0. The monoisotopic (exact) mass is 481 g/mol. The Morgan fingerprint density at radius 2 is 1.68 bits per heavy atom. The van der Waals surface area contributed by atoms with Gasteiger partial charge in [0.1, 0.15) is 12.4 Å². The maximum Gasteiger partial charge on any atom is 0.252 e. The van der Waals surface area contributed by atoms with E-state index in [4.69, 9.17) is 10.5 Å². The van der Waals surface area contributed by atoms with Crippen molar-refractivity contribution in [1.82, 2.24) is 9.62 Å². The van der Waals surface area contributed by atoms with E-state index >= 15 is 0 Å². The Labute approximate surface area is 199 Å². The number of nitrogens with two attached hydrogens (primary N) is 1. The molecule has 0 fully saturated rings. The van der Waals surface area contributed by atoms with Crippen molar-refractivity contribution in [3.8, 4) is 5.75 Å². The Morgan fingerprint density at radius 3 is 2.32 bits per heavy atom. The third-order valence-electron chi connectivity index (χ3n) is 5.24. The zero-order valence-electron chi connectivity index (χ0n) is 19.2. The van der Waals surface area contributed by atoms with Crippen LogP contribution in [0.1, 0.15) is 44.8 Å². The Hall–Kier alpha value is -3.69. The van der Waals surface area contributed by atoms with Crippen LogP contribution < -0.4 is 15.8 Å². The number of benzene rings is 3. The lowest BCUT2D eigenvalue weighted by Crippen LogP contribution is -2.27. The van der Waals surface area contributed by atoms with Gasteiger partial charge >= 0.3 is 0 Å². The molecule has 0 aliphatic carbocycles. The minimum Gasteiger partial charge on any atom is -0.488 e. The van der Waals surface area contributed by atoms with E-state index in [0.29, 0.717) is 11.3 Å². The van der Waals surface area contributed by atoms with Crippen molar-refractivity contribution in [3.05, 3.63) is 95.1 Å². The normalized spacial score (nSPS) is 12.2. The van der Waals surface area contributed by atoms with Gasteiger partial charge in [-0.15, -0.1) is 0 Å². The van der Waals surface area contributed by atoms with Crippen LogP contribution in [0, 0.1) is 0 Å². The number of hydrogen-bond donors (Lipinski definition) is 2. The molecule has 9 heteroatoms. The van der Waals surface area contributed by atoms with E-state index in [-0.39, 0.29) is 29.0 Å². The van der Waals surface area contributed by atoms with Crippen molar-refractivity contribution in [2.75, 3.05) is 14.1 Å². The quantitative estimate of drug-likeness (QED) is 0.487. The second-order valence-electron chi connectivity index (χ2n) is 7.90. The minimum absolute atomic E-state index is 0.156. The second-order valence-corrected chi connectivity index (χ2v) is 10.1. The van der Waals surface area contributed by atoms with Gasteiger partial charge in [-0.1, -0.05) is 36.4 Å². The number of carbonyl (C=O) groups is 2. The lowest BCUT2D eigenvalue weighted by atomic mass is 10.1. The smallest absolute Gasteiger partial charge is 0.252 e. The predicted molar refractivity (Wildman–Crippen MR) is 129 cm³/mol. The number of sulfonamides is 1.